The highest BCUT2D eigenvalue weighted by Gasteiger charge is 2.13. The van der Waals surface area contributed by atoms with Crippen molar-refractivity contribution in [1.82, 2.24) is 4.57 Å². The van der Waals surface area contributed by atoms with Crippen LogP contribution >= 0.6 is 0 Å². The first-order chi connectivity index (χ1) is 17.2. The predicted molar refractivity (Wildman–Crippen MR) is 146 cm³/mol. The third kappa shape index (κ3) is 3.50. The Labute approximate surface area is 203 Å². The van der Waals surface area contributed by atoms with Gasteiger partial charge in [0.05, 0.1) is 16.6 Å². The fourth-order valence-corrected chi connectivity index (χ4v) is 5.08. The van der Waals surface area contributed by atoms with E-state index in [9.17, 15) is 4.79 Å². The molecule has 0 atom stereocenters. The Morgan fingerprint density at radius 3 is 2.00 bits per heavy atom. The lowest BCUT2D eigenvalue weighted by atomic mass is 10.1. The standard InChI is InChI=1S/C31H26N2O2/c1-3-32(4-2)24-18-15-22-19-27(31(34)35-30(22)20-24)21-13-16-23(17-14-21)33-28-11-7-5-9-25(28)26-10-6-8-12-29(26)33/h5-20H,3-4H2,1-2H3. The van der Waals surface area contributed by atoms with Gasteiger partial charge in [0.25, 0.3) is 0 Å². The second kappa shape index (κ2) is 8.48. The Morgan fingerprint density at radius 2 is 1.37 bits per heavy atom. The van der Waals surface area contributed by atoms with E-state index in [1.165, 1.54) is 10.8 Å². The second-order valence-electron chi connectivity index (χ2n) is 8.76. The fraction of sp³-hybridized carbons (Fsp3) is 0.129. The van der Waals surface area contributed by atoms with E-state index in [0.29, 0.717) is 11.1 Å². The number of fused-ring (bicyclic) bond motifs is 4. The molecule has 0 spiro atoms. The van der Waals surface area contributed by atoms with Gasteiger partial charge in [0.2, 0.25) is 0 Å². The summed E-state index contributed by atoms with van der Waals surface area (Å²) in [4.78, 5) is 15.2. The van der Waals surface area contributed by atoms with Crippen LogP contribution in [0.1, 0.15) is 13.8 Å². The maximum absolute atomic E-state index is 12.9. The molecule has 2 heterocycles. The van der Waals surface area contributed by atoms with E-state index in [0.717, 1.165) is 46.4 Å². The van der Waals surface area contributed by atoms with Crippen LogP contribution in [0.25, 0.3) is 49.6 Å². The van der Waals surface area contributed by atoms with E-state index in [4.69, 9.17) is 4.42 Å². The second-order valence-corrected chi connectivity index (χ2v) is 8.76. The third-order valence-electron chi connectivity index (χ3n) is 6.86. The minimum atomic E-state index is -0.321. The maximum atomic E-state index is 12.9. The van der Waals surface area contributed by atoms with E-state index in [-0.39, 0.29) is 5.63 Å². The Balaban J connectivity index is 1.43. The quantitative estimate of drug-likeness (QED) is 0.253. The lowest BCUT2D eigenvalue weighted by Gasteiger charge is -2.21. The first-order valence-electron chi connectivity index (χ1n) is 12.1. The van der Waals surface area contributed by atoms with Crippen molar-refractivity contribution in [1.29, 1.82) is 0 Å². The normalized spacial score (nSPS) is 11.5. The minimum absolute atomic E-state index is 0.321. The molecular formula is C31H26N2O2. The topological polar surface area (TPSA) is 38.4 Å². The molecule has 6 aromatic rings. The molecule has 0 N–H and O–H groups in total. The van der Waals surface area contributed by atoms with Gasteiger partial charge in [0, 0.05) is 46.7 Å². The zero-order valence-electron chi connectivity index (χ0n) is 19.9. The van der Waals surface area contributed by atoms with Crippen molar-refractivity contribution in [2.45, 2.75) is 13.8 Å². The van der Waals surface area contributed by atoms with Gasteiger partial charge in [0.1, 0.15) is 5.58 Å². The first kappa shape index (κ1) is 21.2. The maximum Gasteiger partial charge on any atom is 0.344 e. The van der Waals surface area contributed by atoms with Crippen molar-refractivity contribution in [3.05, 3.63) is 107 Å². The van der Waals surface area contributed by atoms with Crippen LogP contribution in [0.15, 0.2) is 106 Å². The Morgan fingerprint density at radius 1 is 0.743 bits per heavy atom. The predicted octanol–water partition coefficient (Wildman–Crippen LogP) is 7.40. The van der Waals surface area contributed by atoms with Gasteiger partial charge in [0.15, 0.2) is 0 Å². The molecular weight excluding hydrogens is 432 g/mol. The molecule has 2 aromatic heterocycles. The molecule has 0 amide bonds. The summed E-state index contributed by atoms with van der Waals surface area (Å²) < 4.78 is 8.03. The van der Waals surface area contributed by atoms with Gasteiger partial charge in [-0.15, -0.1) is 0 Å². The van der Waals surface area contributed by atoms with Crippen LogP contribution in [0.3, 0.4) is 0 Å². The molecule has 0 aliphatic rings. The summed E-state index contributed by atoms with van der Waals surface area (Å²) in [5.41, 5.74) is 6.16. The summed E-state index contributed by atoms with van der Waals surface area (Å²) >= 11 is 0. The molecule has 0 bridgehead atoms. The Hall–Kier alpha value is -4.31. The zero-order chi connectivity index (χ0) is 23.9. The summed E-state index contributed by atoms with van der Waals surface area (Å²) in [5.74, 6) is 0. The lowest BCUT2D eigenvalue weighted by Crippen LogP contribution is -2.21. The summed E-state index contributed by atoms with van der Waals surface area (Å²) in [6, 6.07) is 33.1. The molecule has 0 unspecified atom stereocenters. The molecule has 172 valence electrons. The third-order valence-corrected chi connectivity index (χ3v) is 6.86. The summed E-state index contributed by atoms with van der Waals surface area (Å²) in [5, 5.41) is 3.37. The molecule has 4 nitrogen and oxygen atoms in total. The van der Waals surface area contributed by atoms with E-state index < -0.39 is 0 Å². The molecule has 6 rings (SSSR count). The SMILES string of the molecule is CCN(CC)c1ccc2cc(-c3ccc(-n4c5ccccc5c5ccccc54)cc3)c(=O)oc2c1. The molecule has 0 aliphatic carbocycles. The monoisotopic (exact) mass is 458 g/mol. The van der Waals surface area contributed by atoms with Crippen LogP contribution in [0.2, 0.25) is 0 Å². The molecule has 0 saturated heterocycles. The molecule has 0 radical (unpaired) electrons. The number of anilines is 1. The van der Waals surface area contributed by atoms with E-state index in [1.54, 1.807) is 0 Å². The van der Waals surface area contributed by atoms with Crippen LogP contribution in [-0.4, -0.2) is 17.7 Å². The fourth-order valence-electron chi connectivity index (χ4n) is 5.08. The highest BCUT2D eigenvalue weighted by atomic mass is 16.4. The van der Waals surface area contributed by atoms with Crippen LogP contribution in [-0.2, 0) is 0 Å². The van der Waals surface area contributed by atoms with Gasteiger partial charge >= 0.3 is 5.63 Å². The number of hydrogen-bond acceptors (Lipinski definition) is 3. The highest BCUT2D eigenvalue weighted by Crippen LogP contribution is 2.32. The van der Waals surface area contributed by atoms with Crippen LogP contribution in [0.5, 0.6) is 0 Å². The van der Waals surface area contributed by atoms with Crippen molar-refractivity contribution in [2.24, 2.45) is 0 Å². The van der Waals surface area contributed by atoms with Crippen LogP contribution < -0.4 is 10.5 Å². The number of para-hydroxylation sites is 2. The summed E-state index contributed by atoms with van der Waals surface area (Å²) in [7, 11) is 0. The van der Waals surface area contributed by atoms with Gasteiger partial charge < -0.3 is 13.9 Å². The van der Waals surface area contributed by atoms with Gasteiger partial charge in [-0.1, -0.05) is 48.5 Å². The largest absolute Gasteiger partial charge is 0.422 e. The Kier molecular flexibility index (Phi) is 5.14. The van der Waals surface area contributed by atoms with E-state index in [1.807, 2.05) is 30.3 Å². The zero-order valence-corrected chi connectivity index (χ0v) is 19.9. The molecule has 4 heteroatoms. The Bertz CT molecular complexity index is 1690. The first-order valence-corrected chi connectivity index (χ1v) is 12.1. The average molecular weight is 459 g/mol. The number of rotatable bonds is 5. The summed E-state index contributed by atoms with van der Waals surface area (Å²) in [6.45, 7) is 6.05. The average Bonchev–Trinajstić information content (AvgIpc) is 3.24. The van der Waals surface area contributed by atoms with E-state index in [2.05, 4.69) is 90.0 Å². The van der Waals surface area contributed by atoms with Crippen LogP contribution in [0.4, 0.5) is 5.69 Å². The van der Waals surface area contributed by atoms with Crippen molar-refractivity contribution in [3.8, 4) is 16.8 Å². The number of hydrogen-bond donors (Lipinski definition) is 0. The van der Waals surface area contributed by atoms with Crippen LogP contribution in [0, 0.1) is 0 Å². The number of nitrogens with zero attached hydrogens (tertiary/aromatic N) is 2. The van der Waals surface area contributed by atoms with Gasteiger partial charge in [-0.2, -0.15) is 0 Å². The number of aromatic nitrogens is 1. The molecule has 4 aromatic carbocycles. The van der Waals surface area contributed by atoms with Gasteiger partial charge in [-0.05, 0) is 61.9 Å². The minimum Gasteiger partial charge on any atom is -0.422 e. The van der Waals surface area contributed by atoms with E-state index >= 15 is 0 Å². The van der Waals surface area contributed by atoms with Crippen molar-refractivity contribution in [3.63, 3.8) is 0 Å². The highest BCUT2D eigenvalue weighted by molar-refractivity contribution is 6.09. The molecule has 0 aliphatic heterocycles. The van der Waals surface area contributed by atoms with Crippen molar-refractivity contribution >= 4 is 38.5 Å². The van der Waals surface area contributed by atoms with Gasteiger partial charge in [-0.25, -0.2) is 4.79 Å². The smallest absolute Gasteiger partial charge is 0.344 e. The lowest BCUT2D eigenvalue weighted by molar-refractivity contribution is 0.563. The van der Waals surface area contributed by atoms with Crippen molar-refractivity contribution in [2.75, 3.05) is 18.0 Å². The summed E-state index contributed by atoms with van der Waals surface area (Å²) in [6.07, 6.45) is 0. The number of benzene rings is 4. The van der Waals surface area contributed by atoms with Crippen molar-refractivity contribution < 1.29 is 4.42 Å². The van der Waals surface area contributed by atoms with Gasteiger partial charge in [-0.3, -0.25) is 0 Å². The molecule has 0 saturated carbocycles. The molecule has 0 fully saturated rings. The molecule has 35 heavy (non-hydrogen) atoms.